The summed E-state index contributed by atoms with van der Waals surface area (Å²) in [6.07, 6.45) is 0. The number of rotatable bonds is 3. The summed E-state index contributed by atoms with van der Waals surface area (Å²) in [6, 6.07) is 1.31. The summed E-state index contributed by atoms with van der Waals surface area (Å²) in [5.41, 5.74) is -1.70. The van der Waals surface area contributed by atoms with Crippen LogP contribution in [0, 0.1) is 21.7 Å². The van der Waals surface area contributed by atoms with Crippen molar-refractivity contribution < 1.29 is 18.5 Å². The van der Waals surface area contributed by atoms with Crippen LogP contribution in [0.15, 0.2) is 12.1 Å². The molecular formula is C8H4F2N6O3. The summed E-state index contributed by atoms with van der Waals surface area (Å²) >= 11 is 0. The standard InChI is InChI=1S/C8H4F2N6O3/c9-3-1-2-4(16(18)19)6(5(3)10)11-8(17)7-12-14-15-13-7/h1-2H,(H,11,17)(H,12,13,14,15). The Morgan fingerprint density at radius 3 is 2.74 bits per heavy atom. The van der Waals surface area contributed by atoms with E-state index in [1.54, 1.807) is 0 Å². The molecule has 11 heteroatoms. The minimum atomic E-state index is -1.55. The van der Waals surface area contributed by atoms with Crippen molar-refractivity contribution in [3.8, 4) is 0 Å². The first kappa shape index (κ1) is 12.5. The van der Waals surface area contributed by atoms with Crippen molar-refractivity contribution in [2.75, 3.05) is 5.32 Å². The average Bonchev–Trinajstić information content (AvgIpc) is 2.88. The highest BCUT2D eigenvalue weighted by Gasteiger charge is 2.24. The van der Waals surface area contributed by atoms with Gasteiger partial charge in [0.05, 0.1) is 4.92 Å². The van der Waals surface area contributed by atoms with Gasteiger partial charge in [0.25, 0.3) is 17.4 Å². The number of halogens is 2. The summed E-state index contributed by atoms with van der Waals surface area (Å²) in [5.74, 6) is -4.43. The van der Waals surface area contributed by atoms with Gasteiger partial charge in [0.1, 0.15) is 0 Å². The molecule has 2 rings (SSSR count). The molecular weight excluding hydrogens is 266 g/mol. The van der Waals surface area contributed by atoms with Crippen LogP contribution in [0.2, 0.25) is 0 Å². The van der Waals surface area contributed by atoms with Crippen LogP contribution in [-0.2, 0) is 0 Å². The number of aromatic amines is 1. The third-order valence-electron chi connectivity index (χ3n) is 2.06. The number of carbonyl (C=O) groups is 1. The number of anilines is 1. The maximum absolute atomic E-state index is 13.5. The van der Waals surface area contributed by atoms with Crippen molar-refractivity contribution in [1.29, 1.82) is 0 Å². The highest BCUT2D eigenvalue weighted by atomic mass is 19.2. The summed E-state index contributed by atoms with van der Waals surface area (Å²) in [7, 11) is 0. The van der Waals surface area contributed by atoms with Gasteiger partial charge in [0, 0.05) is 6.07 Å². The van der Waals surface area contributed by atoms with Gasteiger partial charge in [-0.1, -0.05) is 0 Å². The number of nitrogens with one attached hydrogen (secondary N) is 2. The Kier molecular flexibility index (Phi) is 3.10. The summed E-state index contributed by atoms with van der Waals surface area (Å²) < 4.78 is 26.5. The molecule has 0 aliphatic rings. The fourth-order valence-corrected chi connectivity index (χ4v) is 1.24. The predicted molar refractivity (Wildman–Crippen MR) is 55.1 cm³/mol. The third kappa shape index (κ3) is 2.34. The lowest BCUT2D eigenvalue weighted by Gasteiger charge is -2.05. The molecule has 0 saturated heterocycles. The van der Waals surface area contributed by atoms with E-state index in [0.717, 1.165) is 6.07 Å². The molecule has 1 aromatic carbocycles. The van der Waals surface area contributed by atoms with Crippen LogP contribution in [0.3, 0.4) is 0 Å². The quantitative estimate of drug-likeness (QED) is 0.622. The van der Waals surface area contributed by atoms with Gasteiger partial charge in [0.15, 0.2) is 17.3 Å². The number of H-pyrrole nitrogens is 1. The van der Waals surface area contributed by atoms with Gasteiger partial charge in [-0.25, -0.2) is 8.78 Å². The molecule has 0 unspecified atom stereocenters. The van der Waals surface area contributed by atoms with Gasteiger partial charge < -0.3 is 5.32 Å². The van der Waals surface area contributed by atoms with Gasteiger partial charge in [-0.15, -0.1) is 10.2 Å². The van der Waals surface area contributed by atoms with Crippen LogP contribution >= 0.6 is 0 Å². The molecule has 1 amide bonds. The Balaban J connectivity index is 2.41. The van der Waals surface area contributed by atoms with Crippen LogP contribution in [0.1, 0.15) is 10.6 Å². The summed E-state index contributed by atoms with van der Waals surface area (Å²) in [5, 5.41) is 24.1. The minimum absolute atomic E-state index is 0.474. The normalized spacial score (nSPS) is 10.2. The number of benzene rings is 1. The zero-order chi connectivity index (χ0) is 14.0. The molecule has 1 heterocycles. The second-order valence-electron chi connectivity index (χ2n) is 3.20. The Morgan fingerprint density at radius 1 is 1.42 bits per heavy atom. The van der Waals surface area contributed by atoms with Crippen LogP contribution < -0.4 is 5.32 Å². The number of carbonyl (C=O) groups excluding carboxylic acids is 1. The van der Waals surface area contributed by atoms with Gasteiger partial charge in [-0.2, -0.15) is 5.21 Å². The fraction of sp³-hybridized carbons (Fsp3) is 0. The Labute approximate surface area is 102 Å². The second-order valence-corrected chi connectivity index (χ2v) is 3.20. The van der Waals surface area contributed by atoms with Gasteiger partial charge in [0.2, 0.25) is 0 Å². The van der Waals surface area contributed by atoms with Crippen molar-refractivity contribution >= 4 is 17.3 Å². The molecule has 2 aromatic rings. The minimum Gasteiger partial charge on any atom is -0.311 e. The molecule has 0 aliphatic carbocycles. The molecule has 98 valence electrons. The zero-order valence-corrected chi connectivity index (χ0v) is 8.92. The van der Waals surface area contributed by atoms with Crippen LogP contribution in [0.5, 0.6) is 0 Å². The molecule has 0 spiro atoms. The number of hydrogen-bond donors (Lipinski definition) is 2. The molecule has 0 aliphatic heterocycles. The lowest BCUT2D eigenvalue weighted by atomic mass is 10.2. The molecule has 9 nitrogen and oxygen atoms in total. The van der Waals surface area contributed by atoms with Crippen molar-refractivity contribution in [2.24, 2.45) is 0 Å². The maximum Gasteiger partial charge on any atom is 0.297 e. The van der Waals surface area contributed by atoms with E-state index in [-0.39, 0.29) is 0 Å². The monoisotopic (exact) mass is 270 g/mol. The van der Waals surface area contributed by atoms with Gasteiger partial charge in [-0.05, 0) is 11.3 Å². The van der Waals surface area contributed by atoms with Crippen LogP contribution in [-0.4, -0.2) is 31.5 Å². The second kappa shape index (κ2) is 4.72. The lowest BCUT2D eigenvalue weighted by molar-refractivity contribution is -0.384. The largest absolute Gasteiger partial charge is 0.311 e. The molecule has 19 heavy (non-hydrogen) atoms. The van der Waals surface area contributed by atoms with E-state index in [0.29, 0.717) is 6.07 Å². The van der Waals surface area contributed by atoms with Crippen molar-refractivity contribution in [1.82, 2.24) is 20.6 Å². The van der Waals surface area contributed by atoms with E-state index in [4.69, 9.17) is 0 Å². The Bertz CT molecular complexity index is 644. The average molecular weight is 270 g/mol. The van der Waals surface area contributed by atoms with Gasteiger partial charge in [-0.3, -0.25) is 14.9 Å². The Morgan fingerprint density at radius 2 is 2.16 bits per heavy atom. The van der Waals surface area contributed by atoms with E-state index in [1.165, 1.54) is 0 Å². The number of nitrogens with zero attached hydrogens (tertiary/aromatic N) is 4. The number of tetrazole rings is 1. The van der Waals surface area contributed by atoms with Gasteiger partial charge >= 0.3 is 0 Å². The van der Waals surface area contributed by atoms with Crippen molar-refractivity contribution in [2.45, 2.75) is 0 Å². The van der Waals surface area contributed by atoms with Crippen LogP contribution in [0.25, 0.3) is 0 Å². The first-order chi connectivity index (χ1) is 9.00. The predicted octanol–water partition coefficient (Wildman–Crippen LogP) is 0.638. The van der Waals surface area contributed by atoms with E-state index < -0.39 is 39.7 Å². The Hall–Kier alpha value is -2.98. The topological polar surface area (TPSA) is 127 Å². The fourth-order valence-electron chi connectivity index (χ4n) is 1.24. The third-order valence-corrected chi connectivity index (χ3v) is 2.06. The molecule has 0 atom stereocenters. The number of hydrogen-bond acceptors (Lipinski definition) is 6. The smallest absolute Gasteiger partial charge is 0.297 e. The molecule has 2 N–H and O–H groups in total. The molecule has 1 aromatic heterocycles. The highest BCUT2D eigenvalue weighted by Crippen LogP contribution is 2.29. The molecule has 0 bridgehead atoms. The van der Waals surface area contributed by atoms with Crippen molar-refractivity contribution in [3.05, 3.63) is 39.7 Å². The first-order valence-corrected chi connectivity index (χ1v) is 4.68. The summed E-state index contributed by atoms with van der Waals surface area (Å²) in [4.78, 5) is 21.2. The zero-order valence-electron chi connectivity index (χ0n) is 8.92. The number of nitro groups is 1. The highest BCUT2D eigenvalue weighted by molar-refractivity contribution is 6.02. The summed E-state index contributed by atoms with van der Waals surface area (Å²) in [6.45, 7) is 0. The molecule has 0 saturated carbocycles. The molecule has 0 fully saturated rings. The molecule has 0 radical (unpaired) electrons. The number of aromatic nitrogens is 4. The van der Waals surface area contributed by atoms with E-state index >= 15 is 0 Å². The van der Waals surface area contributed by atoms with E-state index in [2.05, 4.69) is 15.4 Å². The SMILES string of the molecule is O=C(Nc1c([N+](=O)[O-])ccc(F)c1F)c1nn[nH]n1. The van der Waals surface area contributed by atoms with Crippen molar-refractivity contribution in [3.63, 3.8) is 0 Å². The maximum atomic E-state index is 13.5. The van der Waals surface area contributed by atoms with E-state index in [1.807, 2.05) is 10.5 Å². The first-order valence-electron chi connectivity index (χ1n) is 4.68. The van der Waals surface area contributed by atoms with Crippen LogP contribution in [0.4, 0.5) is 20.2 Å². The van der Waals surface area contributed by atoms with E-state index in [9.17, 15) is 23.7 Å². The lowest BCUT2D eigenvalue weighted by Crippen LogP contribution is -2.16. The number of amides is 1. The number of nitro benzene ring substituents is 1.